The van der Waals surface area contributed by atoms with E-state index in [-0.39, 0.29) is 30.3 Å². The number of pyridine rings is 1. The molecule has 1 spiro atoms. The van der Waals surface area contributed by atoms with Crippen molar-refractivity contribution in [1.29, 1.82) is 0 Å². The minimum absolute atomic E-state index is 0.0711. The molecule has 2 fully saturated rings. The van der Waals surface area contributed by atoms with E-state index in [9.17, 15) is 31.2 Å². The maximum absolute atomic E-state index is 13.9. The highest BCUT2D eigenvalue weighted by Gasteiger charge is 2.51. The molecular weight excluding hydrogens is 489 g/mol. The predicted octanol–water partition coefficient (Wildman–Crippen LogP) is 3.17. The summed E-state index contributed by atoms with van der Waals surface area (Å²) in [5, 5.41) is 5.37. The SMILES string of the molecule is O=C1NC(=O)C2(CCC(CNS(=O)(=O)c3cnc(-c4cc5ccccc5o4)cc3C(F)(F)F)C2)N1. The molecule has 3 aromatic rings. The second kappa shape index (κ2) is 8.05. The average molecular weight is 508 g/mol. The van der Waals surface area contributed by atoms with Gasteiger partial charge in [-0.3, -0.25) is 15.1 Å². The maximum Gasteiger partial charge on any atom is 0.417 e. The fourth-order valence-corrected chi connectivity index (χ4v) is 5.86. The van der Waals surface area contributed by atoms with Crippen LogP contribution in [0.3, 0.4) is 0 Å². The van der Waals surface area contributed by atoms with E-state index in [1.807, 2.05) is 0 Å². The largest absolute Gasteiger partial charge is 0.454 e. The van der Waals surface area contributed by atoms with E-state index in [0.29, 0.717) is 36.1 Å². The van der Waals surface area contributed by atoms with Crippen LogP contribution in [0.25, 0.3) is 22.4 Å². The van der Waals surface area contributed by atoms with Crippen LogP contribution in [0.1, 0.15) is 24.8 Å². The molecule has 13 heteroatoms. The number of benzene rings is 1. The van der Waals surface area contributed by atoms with Crippen molar-refractivity contribution < 1.29 is 35.6 Å². The molecule has 9 nitrogen and oxygen atoms in total. The number of fused-ring (bicyclic) bond motifs is 1. The number of sulfonamides is 1. The van der Waals surface area contributed by atoms with Crippen LogP contribution in [0.5, 0.6) is 0 Å². The van der Waals surface area contributed by atoms with Gasteiger partial charge in [-0.05, 0) is 43.4 Å². The van der Waals surface area contributed by atoms with Crippen LogP contribution < -0.4 is 15.4 Å². The van der Waals surface area contributed by atoms with Gasteiger partial charge in [0, 0.05) is 18.1 Å². The van der Waals surface area contributed by atoms with E-state index < -0.39 is 44.1 Å². The number of aromatic nitrogens is 1. The zero-order chi connectivity index (χ0) is 25.0. The fraction of sp³-hybridized carbons (Fsp3) is 0.318. The smallest absolute Gasteiger partial charge is 0.417 e. The lowest BCUT2D eigenvalue weighted by molar-refractivity contribution is -0.140. The molecule has 2 aromatic heterocycles. The number of hydrogen-bond acceptors (Lipinski definition) is 6. The summed E-state index contributed by atoms with van der Waals surface area (Å²) in [5.41, 5.74) is -2.19. The van der Waals surface area contributed by atoms with Crippen LogP contribution in [0.2, 0.25) is 0 Å². The van der Waals surface area contributed by atoms with Gasteiger partial charge in [-0.25, -0.2) is 17.9 Å². The molecule has 184 valence electrons. The van der Waals surface area contributed by atoms with E-state index in [2.05, 4.69) is 20.3 Å². The number of furan rings is 1. The van der Waals surface area contributed by atoms with Crippen molar-refractivity contribution in [3.05, 3.63) is 48.2 Å². The fourth-order valence-electron chi connectivity index (χ4n) is 4.60. The van der Waals surface area contributed by atoms with Gasteiger partial charge >= 0.3 is 12.2 Å². The first kappa shape index (κ1) is 23.3. The zero-order valence-electron chi connectivity index (χ0n) is 18.0. The van der Waals surface area contributed by atoms with E-state index >= 15 is 0 Å². The van der Waals surface area contributed by atoms with Crippen LogP contribution in [-0.4, -0.2) is 37.4 Å². The third-order valence-electron chi connectivity index (χ3n) is 6.33. The highest BCUT2D eigenvalue weighted by atomic mass is 32.2. The Kier molecular flexibility index (Phi) is 5.36. The van der Waals surface area contributed by atoms with Crippen molar-refractivity contribution >= 4 is 32.9 Å². The molecule has 1 aliphatic carbocycles. The number of carbonyl (C=O) groups excluding carboxylic acids is 2. The van der Waals surface area contributed by atoms with Gasteiger partial charge in [0.2, 0.25) is 10.0 Å². The third-order valence-corrected chi connectivity index (χ3v) is 7.78. The topological polar surface area (TPSA) is 130 Å². The van der Waals surface area contributed by atoms with Crippen LogP contribution >= 0.6 is 0 Å². The van der Waals surface area contributed by atoms with Crippen molar-refractivity contribution in [2.45, 2.75) is 35.9 Å². The highest BCUT2D eigenvalue weighted by molar-refractivity contribution is 7.89. The first-order valence-electron chi connectivity index (χ1n) is 10.7. The van der Waals surface area contributed by atoms with Crippen molar-refractivity contribution in [2.24, 2.45) is 5.92 Å². The highest BCUT2D eigenvalue weighted by Crippen LogP contribution is 2.38. The van der Waals surface area contributed by atoms with Crippen LogP contribution in [0, 0.1) is 5.92 Å². The van der Waals surface area contributed by atoms with Gasteiger partial charge < -0.3 is 9.73 Å². The molecule has 1 saturated heterocycles. The molecule has 1 aromatic carbocycles. The quantitative estimate of drug-likeness (QED) is 0.454. The molecule has 5 rings (SSSR count). The monoisotopic (exact) mass is 508 g/mol. The summed E-state index contributed by atoms with van der Waals surface area (Å²) < 4.78 is 75.1. The first-order valence-corrected chi connectivity index (χ1v) is 12.1. The predicted molar refractivity (Wildman–Crippen MR) is 116 cm³/mol. The summed E-state index contributed by atoms with van der Waals surface area (Å²) in [6, 6.07) is 8.39. The summed E-state index contributed by atoms with van der Waals surface area (Å²) in [4.78, 5) is 26.4. The zero-order valence-corrected chi connectivity index (χ0v) is 18.8. The number of hydrogen-bond donors (Lipinski definition) is 3. The minimum atomic E-state index is -4.97. The molecule has 3 amide bonds. The molecule has 0 radical (unpaired) electrons. The molecule has 3 heterocycles. The van der Waals surface area contributed by atoms with Crippen LogP contribution in [0.15, 0.2) is 51.9 Å². The van der Waals surface area contributed by atoms with E-state index in [1.54, 1.807) is 24.3 Å². The molecule has 35 heavy (non-hydrogen) atoms. The lowest BCUT2D eigenvalue weighted by Gasteiger charge is -2.20. The van der Waals surface area contributed by atoms with E-state index in [4.69, 9.17) is 4.42 Å². The Morgan fingerprint density at radius 2 is 1.97 bits per heavy atom. The molecule has 1 saturated carbocycles. The van der Waals surface area contributed by atoms with Gasteiger partial charge in [0.05, 0.1) is 5.56 Å². The summed E-state index contributed by atoms with van der Waals surface area (Å²) in [6.07, 6.45) is -3.43. The second-order valence-electron chi connectivity index (χ2n) is 8.66. The Morgan fingerprint density at radius 1 is 1.20 bits per heavy atom. The number of nitrogens with one attached hydrogen (secondary N) is 3. The molecule has 2 atom stereocenters. The van der Waals surface area contributed by atoms with E-state index in [1.165, 1.54) is 6.07 Å². The number of halogens is 3. The molecule has 2 aliphatic rings. The lowest BCUT2D eigenvalue weighted by Crippen LogP contribution is -2.44. The standard InChI is InChI=1S/C22H19F3N4O5S/c23-22(24,25)14-8-15(17-7-13-3-1-2-4-16(13)34-17)26-11-18(14)35(32,33)27-10-12-5-6-21(9-12)19(30)28-20(31)29-21/h1-4,7-8,11-12,27H,5-6,9-10H2,(H2,28,29,30,31). The van der Waals surface area contributed by atoms with Crippen molar-refractivity contribution in [3.8, 4) is 11.5 Å². The van der Waals surface area contributed by atoms with Crippen LogP contribution in [-0.2, 0) is 21.0 Å². The van der Waals surface area contributed by atoms with Gasteiger partial charge in [-0.15, -0.1) is 0 Å². The second-order valence-corrected chi connectivity index (χ2v) is 10.4. The lowest BCUT2D eigenvalue weighted by atomic mass is 9.96. The molecular formula is C22H19F3N4O5S. The third kappa shape index (κ3) is 4.25. The number of para-hydroxylation sites is 1. The normalized spacial score (nSPS) is 22.7. The van der Waals surface area contributed by atoms with Gasteiger partial charge in [0.15, 0.2) is 5.76 Å². The van der Waals surface area contributed by atoms with Crippen molar-refractivity contribution in [1.82, 2.24) is 20.3 Å². The number of amides is 3. The number of nitrogens with zero attached hydrogens (tertiary/aromatic N) is 1. The number of alkyl halides is 3. The average Bonchev–Trinajstić information content (AvgIpc) is 3.48. The molecule has 3 N–H and O–H groups in total. The van der Waals surface area contributed by atoms with Gasteiger partial charge in [-0.1, -0.05) is 18.2 Å². The summed E-state index contributed by atoms with van der Waals surface area (Å²) >= 11 is 0. The van der Waals surface area contributed by atoms with Crippen LogP contribution in [0.4, 0.5) is 18.0 Å². The van der Waals surface area contributed by atoms with Gasteiger partial charge in [0.25, 0.3) is 5.91 Å². The number of carbonyl (C=O) groups is 2. The van der Waals surface area contributed by atoms with Gasteiger partial charge in [0.1, 0.15) is 21.7 Å². The number of rotatable bonds is 5. The Balaban J connectivity index is 1.39. The summed E-state index contributed by atoms with van der Waals surface area (Å²) in [5.74, 6) is -0.773. The Bertz CT molecular complexity index is 1420. The van der Waals surface area contributed by atoms with E-state index in [0.717, 1.165) is 0 Å². The number of urea groups is 1. The maximum atomic E-state index is 13.9. The Hall–Kier alpha value is -3.45. The minimum Gasteiger partial charge on any atom is -0.454 e. The van der Waals surface area contributed by atoms with Crippen molar-refractivity contribution in [3.63, 3.8) is 0 Å². The molecule has 1 aliphatic heterocycles. The summed E-state index contributed by atoms with van der Waals surface area (Å²) in [7, 11) is -4.60. The van der Waals surface area contributed by atoms with Crippen molar-refractivity contribution in [2.75, 3.05) is 6.54 Å². The molecule has 0 bridgehead atoms. The number of imide groups is 1. The summed E-state index contributed by atoms with van der Waals surface area (Å²) in [6.45, 7) is -0.199. The first-order chi connectivity index (χ1) is 16.5. The molecule has 2 unspecified atom stereocenters. The Morgan fingerprint density at radius 3 is 2.66 bits per heavy atom. The van der Waals surface area contributed by atoms with Gasteiger partial charge in [-0.2, -0.15) is 13.2 Å². The Labute approximate surface area is 197 Å².